The molecule has 1 amide bonds. The Kier molecular flexibility index (Phi) is 2.73. The number of hydrogen-bond acceptors (Lipinski definition) is 2. The van der Waals surface area contributed by atoms with Gasteiger partial charge in [0.1, 0.15) is 5.75 Å². The van der Waals surface area contributed by atoms with E-state index in [9.17, 15) is 9.90 Å². The van der Waals surface area contributed by atoms with Crippen molar-refractivity contribution in [3.8, 4) is 5.75 Å². The molecular weight excluding hydrogens is 274 g/mol. The van der Waals surface area contributed by atoms with Crippen molar-refractivity contribution in [1.29, 1.82) is 0 Å². The van der Waals surface area contributed by atoms with Gasteiger partial charge < -0.3 is 10.4 Å². The van der Waals surface area contributed by atoms with Crippen LogP contribution in [0.15, 0.2) is 60.7 Å². The number of benzene rings is 3. The third kappa shape index (κ3) is 1.95. The number of fused-ring (bicyclic) bond motifs is 2. The zero-order valence-electron chi connectivity index (χ0n) is 11.7. The van der Waals surface area contributed by atoms with Crippen LogP contribution in [0.1, 0.15) is 11.1 Å². The molecule has 3 nitrogen and oxygen atoms in total. The molecule has 0 spiro atoms. The maximum Gasteiger partial charge on any atom is 0.256 e. The smallest absolute Gasteiger partial charge is 0.256 e. The highest BCUT2D eigenvalue weighted by Crippen LogP contribution is 2.34. The molecule has 0 fully saturated rings. The van der Waals surface area contributed by atoms with Gasteiger partial charge in [-0.05, 0) is 35.2 Å². The van der Waals surface area contributed by atoms with Crippen LogP contribution in [0.4, 0.5) is 5.69 Å². The molecule has 0 aromatic heterocycles. The van der Waals surface area contributed by atoms with Gasteiger partial charge in [-0.15, -0.1) is 0 Å². The Morgan fingerprint density at radius 3 is 2.64 bits per heavy atom. The van der Waals surface area contributed by atoms with Crippen molar-refractivity contribution in [2.45, 2.75) is 0 Å². The highest BCUT2D eigenvalue weighted by Gasteiger charge is 2.23. The third-order valence-corrected chi connectivity index (χ3v) is 3.88. The summed E-state index contributed by atoms with van der Waals surface area (Å²) in [6.07, 6.45) is 1.81. The Morgan fingerprint density at radius 1 is 0.955 bits per heavy atom. The number of nitrogens with one attached hydrogen (secondary N) is 1. The Labute approximate surface area is 127 Å². The summed E-state index contributed by atoms with van der Waals surface area (Å²) >= 11 is 0. The van der Waals surface area contributed by atoms with E-state index in [-0.39, 0.29) is 11.7 Å². The number of phenols is 1. The summed E-state index contributed by atoms with van der Waals surface area (Å²) in [6, 6.07) is 18.9. The molecule has 1 aliphatic heterocycles. The molecule has 0 atom stereocenters. The van der Waals surface area contributed by atoms with E-state index in [0.717, 1.165) is 27.6 Å². The molecule has 3 heteroatoms. The monoisotopic (exact) mass is 287 g/mol. The third-order valence-electron chi connectivity index (χ3n) is 3.88. The van der Waals surface area contributed by atoms with Crippen LogP contribution in [0.25, 0.3) is 22.4 Å². The predicted molar refractivity (Wildman–Crippen MR) is 88.6 cm³/mol. The first-order chi connectivity index (χ1) is 10.7. The van der Waals surface area contributed by atoms with Crippen molar-refractivity contribution in [3.63, 3.8) is 0 Å². The lowest BCUT2D eigenvalue weighted by Gasteiger charge is -2.04. The summed E-state index contributed by atoms with van der Waals surface area (Å²) in [6.45, 7) is 0. The van der Waals surface area contributed by atoms with E-state index in [4.69, 9.17) is 0 Å². The van der Waals surface area contributed by atoms with E-state index in [1.165, 1.54) is 0 Å². The molecule has 4 rings (SSSR count). The highest BCUT2D eigenvalue weighted by molar-refractivity contribution is 6.35. The minimum absolute atomic E-state index is 0.117. The molecule has 0 aliphatic carbocycles. The van der Waals surface area contributed by atoms with E-state index >= 15 is 0 Å². The lowest BCUT2D eigenvalue weighted by Crippen LogP contribution is -2.03. The van der Waals surface area contributed by atoms with Crippen LogP contribution in [0, 0.1) is 0 Å². The number of rotatable bonds is 1. The Hall–Kier alpha value is -3.07. The highest BCUT2D eigenvalue weighted by atomic mass is 16.3. The van der Waals surface area contributed by atoms with Crippen LogP contribution in [-0.2, 0) is 4.79 Å². The quantitative estimate of drug-likeness (QED) is 0.664. The number of carbonyl (C=O) groups is 1. The molecule has 1 heterocycles. The van der Waals surface area contributed by atoms with Gasteiger partial charge in [0.05, 0.1) is 0 Å². The number of amides is 1. The van der Waals surface area contributed by atoms with Gasteiger partial charge in [-0.25, -0.2) is 0 Å². The molecule has 22 heavy (non-hydrogen) atoms. The molecule has 0 unspecified atom stereocenters. The first kappa shape index (κ1) is 12.7. The van der Waals surface area contributed by atoms with Gasteiger partial charge in [-0.1, -0.05) is 42.5 Å². The maximum atomic E-state index is 12.1. The second-order valence-electron chi connectivity index (χ2n) is 5.32. The first-order valence-corrected chi connectivity index (χ1v) is 7.06. The van der Waals surface area contributed by atoms with Crippen LogP contribution < -0.4 is 5.32 Å². The second kappa shape index (κ2) is 4.74. The van der Waals surface area contributed by atoms with Gasteiger partial charge in [-0.2, -0.15) is 0 Å². The fraction of sp³-hybridized carbons (Fsp3) is 0. The SMILES string of the molecule is O=C1Nc2ccccc2/C1=C/c1cc(O)c2ccccc2c1. The van der Waals surface area contributed by atoms with Gasteiger partial charge in [0.25, 0.3) is 5.91 Å². The number of phenolic OH excluding ortho intramolecular Hbond substituents is 1. The Bertz CT molecular complexity index is 941. The summed E-state index contributed by atoms with van der Waals surface area (Å²) in [7, 11) is 0. The average Bonchev–Trinajstić information content (AvgIpc) is 2.84. The van der Waals surface area contributed by atoms with E-state index in [0.29, 0.717) is 5.57 Å². The molecule has 106 valence electrons. The molecule has 0 bridgehead atoms. The minimum atomic E-state index is -0.117. The van der Waals surface area contributed by atoms with Crippen LogP contribution in [0.3, 0.4) is 0 Å². The summed E-state index contributed by atoms with van der Waals surface area (Å²) in [5, 5.41) is 14.8. The van der Waals surface area contributed by atoms with Crippen molar-refractivity contribution < 1.29 is 9.90 Å². The normalized spacial score (nSPS) is 15.1. The summed E-state index contributed by atoms with van der Waals surface area (Å²) in [5.74, 6) is 0.102. The van der Waals surface area contributed by atoms with Crippen LogP contribution >= 0.6 is 0 Å². The van der Waals surface area contributed by atoms with E-state index < -0.39 is 0 Å². The number of aromatic hydroxyl groups is 1. The fourth-order valence-electron chi connectivity index (χ4n) is 2.85. The first-order valence-electron chi connectivity index (χ1n) is 7.06. The number of hydrogen-bond donors (Lipinski definition) is 2. The summed E-state index contributed by atoms with van der Waals surface area (Å²) in [4.78, 5) is 12.1. The largest absolute Gasteiger partial charge is 0.507 e. The lowest BCUT2D eigenvalue weighted by atomic mass is 10.0. The number of para-hydroxylation sites is 1. The van der Waals surface area contributed by atoms with Crippen molar-refractivity contribution in [1.82, 2.24) is 0 Å². The summed E-state index contributed by atoms with van der Waals surface area (Å²) in [5.41, 5.74) is 3.13. The Balaban J connectivity index is 1.88. The molecule has 2 N–H and O–H groups in total. The average molecular weight is 287 g/mol. The van der Waals surface area contributed by atoms with Crippen molar-refractivity contribution in [2.75, 3.05) is 5.32 Å². The van der Waals surface area contributed by atoms with Crippen LogP contribution in [-0.4, -0.2) is 11.0 Å². The van der Waals surface area contributed by atoms with Crippen molar-refractivity contribution in [2.24, 2.45) is 0 Å². The standard InChI is InChI=1S/C19H13NO2/c21-18-11-12(9-13-5-1-2-6-14(13)18)10-16-15-7-3-4-8-17(15)20-19(16)22/h1-11,21H,(H,20,22)/b16-10-. The maximum absolute atomic E-state index is 12.1. The topological polar surface area (TPSA) is 49.3 Å². The minimum Gasteiger partial charge on any atom is -0.507 e. The zero-order chi connectivity index (χ0) is 15.1. The molecular formula is C19H13NO2. The van der Waals surface area contributed by atoms with Gasteiger partial charge in [-0.3, -0.25) is 4.79 Å². The van der Waals surface area contributed by atoms with Gasteiger partial charge >= 0.3 is 0 Å². The van der Waals surface area contributed by atoms with E-state index in [1.54, 1.807) is 6.07 Å². The van der Waals surface area contributed by atoms with E-state index in [2.05, 4.69) is 5.32 Å². The van der Waals surface area contributed by atoms with Gasteiger partial charge in [0.2, 0.25) is 0 Å². The fourth-order valence-corrected chi connectivity index (χ4v) is 2.85. The molecule has 0 saturated carbocycles. The zero-order valence-corrected chi connectivity index (χ0v) is 11.7. The van der Waals surface area contributed by atoms with Gasteiger partial charge in [0, 0.05) is 22.2 Å². The number of anilines is 1. The van der Waals surface area contributed by atoms with Crippen molar-refractivity contribution >= 4 is 34.0 Å². The van der Waals surface area contributed by atoms with Crippen molar-refractivity contribution in [3.05, 3.63) is 71.8 Å². The summed E-state index contributed by atoms with van der Waals surface area (Å²) < 4.78 is 0. The van der Waals surface area contributed by atoms with Crippen LogP contribution in [0.5, 0.6) is 5.75 Å². The molecule has 3 aromatic carbocycles. The van der Waals surface area contributed by atoms with Gasteiger partial charge in [0.15, 0.2) is 0 Å². The molecule has 1 aliphatic rings. The van der Waals surface area contributed by atoms with E-state index in [1.807, 2.05) is 60.7 Å². The van der Waals surface area contributed by atoms with Crippen LogP contribution in [0.2, 0.25) is 0 Å². The molecule has 0 saturated heterocycles. The predicted octanol–water partition coefficient (Wildman–Crippen LogP) is 4.04. The lowest BCUT2D eigenvalue weighted by molar-refractivity contribution is -0.110. The molecule has 0 radical (unpaired) electrons. The Morgan fingerprint density at radius 2 is 1.73 bits per heavy atom. The number of carbonyl (C=O) groups excluding carboxylic acids is 1. The second-order valence-corrected chi connectivity index (χ2v) is 5.32. The molecule has 3 aromatic rings.